The van der Waals surface area contributed by atoms with Gasteiger partial charge in [0.1, 0.15) is 0 Å². The first-order valence-corrected chi connectivity index (χ1v) is 12.8. The molecule has 2 amide bonds. The first-order valence-electron chi connectivity index (χ1n) is 11.3. The van der Waals surface area contributed by atoms with Gasteiger partial charge in [-0.3, -0.25) is 9.59 Å². The van der Waals surface area contributed by atoms with Crippen LogP contribution in [0.25, 0.3) is 0 Å². The molecule has 1 N–H and O–H groups in total. The van der Waals surface area contributed by atoms with Crippen molar-refractivity contribution < 1.29 is 18.0 Å². The second-order valence-electron chi connectivity index (χ2n) is 8.58. The van der Waals surface area contributed by atoms with Gasteiger partial charge in [0.15, 0.2) is 0 Å². The predicted octanol–water partition coefficient (Wildman–Crippen LogP) is 3.26. The first kappa shape index (κ1) is 25.3. The summed E-state index contributed by atoms with van der Waals surface area (Å²) in [5.74, 6) is -0.336. The molecule has 1 heterocycles. The molecule has 0 spiro atoms. The van der Waals surface area contributed by atoms with E-state index in [1.54, 1.807) is 24.1 Å². The smallest absolute Gasteiger partial charge is 0.253 e. The fourth-order valence-corrected chi connectivity index (χ4v) is 5.05. The highest BCUT2D eigenvalue weighted by Gasteiger charge is 2.29. The molecule has 0 saturated carbocycles. The summed E-state index contributed by atoms with van der Waals surface area (Å²) in [6.45, 7) is 7.46. The molecule has 1 aliphatic rings. The van der Waals surface area contributed by atoms with Crippen LogP contribution >= 0.6 is 0 Å². The molecule has 1 aromatic carbocycles. The molecule has 2 rings (SSSR count). The van der Waals surface area contributed by atoms with E-state index in [1.807, 2.05) is 13.8 Å². The van der Waals surface area contributed by atoms with Crippen molar-refractivity contribution in [3.8, 4) is 0 Å². The Morgan fingerprint density at radius 1 is 1.16 bits per heavy atom. The number of amides is 2. The van der Waals surface area contributed by atoms with E-state index in [4.69, 9.17) is 0 Å². The minimum absolute atomic E-state index is 0.0205. The summed E-state index contributed by atoms with van der Waals surface area (Å²) in [5.41, 5.74) is 0.437. The third kappa shape index (κ3) is 6.77. The highest BCUT2D eigenvalue weighted by Crippen LogP contribution is 2.21. The maximum absolute atomic E-state index is 12.9. The van der Waals surface area contributed by atoms with Crippen molar-refractivity contribution in [2.45, 2.75) is 70.2 Å². The topological polar surface area (TPSA) is 86.8 Å². The van der Waals surface area contributed by atoms with Crippen LogP contribution in [-0.2, 0) is 14.8 Å². The van der Waals surface area contributed by atoms with Gasteiger partial charge in [-0.1, -0.05) is 26.2 Å². The lowest BCUT2D eigenvalue weighted by Gasteiger charge is -2.32. The summed E-state index contributed by atoms with van der Waals surface area (Å²) in [6, 6.07) is 5.91. The molecular formula is C23H37N3O4S. The molecule has 1 saturated heterocycles. The molecule has 1 aromatic rings. The van der Waals surface area contributed by atoms with Crippen molar-refractivity contribution in [1.82, 2.24) is 14.5 Å². The van der Waals surface area contributed by atoms with Crippen molar-refractivity contribution in [1.29, 1.82) is 0 Å². The van der Waals surface area contributed by atoms with E-state index in [0.717, 1.165) is 32.1 Å². The average molecular weight is 452 g/mol. The third-order valence-corrected chi connectivity index (χ3v) is 7.96. The van der Waals surface area contributed by atoms with Gasteiger partial charge in [0.25, 0.3) is 5.91 Å². The summed E-state index contributed by atoms with van der Waals surface area (Å²) in [5, 5.41) is 3.01. The van der Waals surface area contributed by atoms with Crippen LogP contribution < -0.4 is 5.32 Å². The summed E-state index contributed by atoms with van der Waals surface area (Å²) in [7, 11) is -2.04. The molecule has 0 bridgehead atoms. The Kier molecular flexibility index (Phi) is 9.50. The molecule has 0 radical (unpaired) electrons. The normalized spacial score (nSPS) is 17.2. The Morgan fingerprint density at radius 2 is 1.84 bits per heavy atom. The molecule has 0 aliphatic carbocycles. The number of nitrogens with zero attached hydrogens (tertiary/aromatic N) is 2. The molecular weight excluding hydrogens is 414 g/mol. The van der Waals surface area contributed by atoms with Crippen LogP contribution in [0.1, 0.15) is 69.7 Å². The zero-order chi connectivity index (χ0) is 23.0. The fraction of sp³-hybridized carbons (Fsp3) is 0.652. The standard InChI is InChI=1S/C23H37N3O4S/c1-5-6-7-8-15-24-22(27)20-10-9-16-26(17-20)23(28)19-11-13-21(14-12-19)31(29,30)25(4)18(2)3/h11-14,18,20H,5-10,15-17H2,1-4H3,(H,24,27). The number of likely N-dealkylation sites (tertiary alicyclic amines) is 1. The van der Waals surface area contributed by atoms with Crippen LogP contribution in [0.15, 0.2) is 29.2 Å². The molecule has 1 fully saturated rings. The van der Waals surface area contributed by atoms with E-state index < -0.39 is 10.0 Å². The van der Waals surface area contributed by atoms with Crippen molar-refractivity contribution >= 4 is 21.8 Å². The number of unbranched alkanes of at least 4 members (excludes halogenated alkanes) is 3. The van der Waals surface area contributed by atoms with E-state index in [9.17, 15) is 18.0 Å². The molecule has 1 unspecified atom stereocenters. The number of hydrogen-bond acceptors (Lipinski definition) is 4. The number of benzene rings is 1. The quantitative estimate of drug-likeness (QED) is 0.553. The molecule has 7 nitrogen and oxygen atoms in total. The molecule has 174 valence electrons. The minimum Gasteiger partial charge on any atom is -0.356 e. The van der Waals surface area contributed by atoms with E-state index in [0.29, 0.717) is 25.2 Å². The largest absolute Gasteiger partial charge is 0.356 e. The van der Waals surface area contributed by atoms with Crippen LogP contribution in [0.4, 0.5) is 0 Å². The van der Waals surface area contributed by atoms with E-state index >= 15 is 0 Å². The fourth-order valence-electron chi connectivity index (χ4n) is 3.68. The summed E-state index contributed by atoms with van der Waals surface area (Å²) in [4.78, 5) is 27.3. The van der Waals surface area contributed by atoms with Crippen molar-refractivity contribution in [3.63, 3.8) is 0 Å². The van der Waals surface area contributed by atoms with Gasteiger partial charge in [-0.15, -0.1) is 0 Å². The van der Waals surface area contributed by atoms with Gasteiger partial charge in [0.2, 0.25) is 15.9 Å². The number of sulfonamides is 1. The van der Waals surface area contributed by atoms with Gasteiger partial charge >= 0.3 is 0 Å². The van der Waals surface area contributed by atoms with Gasteiger partial charge in [-0.2, -0.15) is 4.31 Å². The minimum atomic E-state index is -3.59. The number of hydrogen-bond donors (Lipinski definition) is 1. The number of piperidine rings is 1. The highest BCUT2D eigenvalue weighted by molar-refractivity contribution is 7.89. The van der Waals surface area contributed by atoms with Crippen LogP contribution in [0.5, 0.6) is 0 Å². The Morgan fingerprint density at radius 3 is 2.45 bits per heavy atom. The van der Waals surface area contributed by atoms with Gasteiger partial charge in [-0.05, 0) is 57.4 Å². The van der Waals surface area contributed by atoms with E-state index in [1.165, 1.54) is 22.9 Å². The second kappa shape index (κ2) is 11.6. The molecule has 8 heteroatoms. The summed E-state index contributed by atoms with van der Waals surface area (Å²) < 4.78 is 26.5. The van der Waals surface area contributed by atoms with Gasteiger partial charge in [0, 0.05) is 38.3 Å². The Labute approximate surface area is 187 Å². The zero-order valence-electron chi connectivity index (χ0n) is 19.3. The van der Waals surface area contributed by atoms with Crippen molar-refractivity contribution in [2.24, 2.45) is 5.92 Å². The zero-order valence-corrected chi connectivity index (χ0v) is 20.1. The maximum Gasteiger partial charge on any atom is 0.253 e. The highest BCUT2D eigenvalue weighted by atomic mass is 32.2. The van der Waals surface area contributed by atoms with E-state index in [-0.39, 0.29) is 28.7 Å². The Bertz CT molecular complexity index is 837. The second-order valence-corrected chi connectivity index (χ2v) is 10.6. The average Bonchev–Trinajstić information content (AvgIpc) is 2.77. The van der Waals surface area contributed by atoms with Crippen LogP contribution in [-0.4, -0.2) is 62.2 Å². The van der Waals surface area contributed by atoms with Crippen LogP contribution in [0.2, 0.25) is 0 Å². The molecule has 31 heavy (non-hydrogen) atoms. The lowest BCUT2D eigenvalue weighted by Crippen LogP contribution is -2.45. The van der Waals surface area contributed by atoms with Gasteiger partial charge in [0.05, 0.1) is 10.8 Å². The van der Waals surface area contributed by atoms with Gasteiger partial charge < -0.3 is 10.2 Å². The van der Waals surface area contributed by atoms with Crippen LogP contribution in [0.3, 0.4) is 0 Å². The summed E-state index contributed by atoms with van der Waals surface area (Å²) >= 11 is 0. The van der Waals surface area contributed by atoms with E-state index in [2.05, 4.69) is 12.2 Å². The number of nitrogens with one attached hydrogen (secondary N) is 1. The molecule has 1 atom stereocenters. The number of carbonyl (C=O) groups is 2. The monoisotopic (exact) mass is 451 g/mol. The van der Waals surface area contributed by atoms with Crippen molar-refractivity contribution in [2.75, 3.05) is 26.7 Å². The van der Waals surface area contributed by atoms with Crippen molar-refractivity contribution in [3.05, 3.63) is 29.8 Å². The van der Waals surface area contributed by atoms with Crippen LogP contribution in [0, 0.1) is 5.92 Å². The maximum atomic E-state index is 12.9. The predicted molar refractivity (Wildman–Crippen MR) is 122 cm³/mol. The third-order valence-electron chi connectivity index (χ3n) is 5.91. The SMILES string of the molecule is CCCCCCNC(=O)C1CCCN(C(=O)c2ccc(S(=O)(=O)N(C)C(C)C)cc2)C1. The number of carbonyl (C=O) groups excluding carboxylic acids is 2. The van der Waals surface area contributed by atoms with Gasteiger partial charge in [-0.25, -0.2) is 8.42 Å². The molecule has 0 aromatic heterocycles. The lowest BCUT2D eigenvalue weighted by molar-refractivity contribution is -0.126. The first-order chi connectivity index (χ1) is 14.7. The lowest BCUT2D eigenvalue weighted by atomic mass is 9.96. The number of rotatable bonds is 10. The summed E-state index contributed by atoms with van der Waals surface area (Å²) in [6.07, 6.45) is 6.00. The molecule has 1 aliphatic heterocycles. The Hall–Kier alpha value is -1.93. The Balaban J connectivity index is 1.97.